The first kappa shape index (κ1) is 19.8. The Morgan fingerprint density at radius 2 is 1.88 bits per heavy atom. The Bertz CT molecular complexity index is 928. The smallest absolute Gasteiger partial charge is 0.245 e. The number of hydrogen-bond acceptors (Lipinski definition) is 6. The van der Waals surface area contributed by atoms with Gasteiger partial charge in [0.05, 0.1) is 0 Å². The second-order valence-electron chi connectivity index (χ2n) is 5.94. The van der Waals surface area contributed by atoms with Gasteiger partial charge in [-0.25, -0.2) is 13.1 Å². The molecule has 0 saturated heterocycles. The Labute approximate surface area is 152 Å². The second-order valence-corrected chi connectivity index (χ2v) is 7.64. The Morgan fingerprint density at radius 3 is 2.46 bits per heavy atom. The molecule has 1 heterocycles. The van der Waals surface area contributed by atoms with E-state index < -0.39 is 10.0 Å². The lowest BCUT2D eigenvalue weighted by Gasteiger charge is -2.10. The van der Waals surface area contributed by atoms with E-state index in [0.717, 1.165) is 5.56 Å². The van der Waals surface area contributed by atoms with Crippen LogP contribution in [0.25, 0.3) is 0 Å². The fourth-order valence-electron chi connectivity index (χ4n) is 2.42. The van der Waals surface area contributed by atoms with E-state index in [1.54, 1.807) is 25.1 Å². The molecule has 1 amide bonds. The van der Waals surface area contributed by atoms with Crippen molar-refractivity contribution in [2.45, 2.75) is 39.0 Å². The van der Waals surface area contributed by atoms with Gasteiger partial charge in [0.1, 0.15) is 10.6 Å². The third-order valence-electron chi connectivity index (χ3n) is 3.80. The molecule has 8 nitrogen and oxygen atoms in total. The summed E-state index contributed by atoms with van der Waals surface area (Å²) in [5.74, 6) is -0.279. The Balaban J connectivity index is 1.98. The Morgan fingerprint density at radius 1 is 1.19 bits per heavy atom. The van der Waals surface area contributed by atoms with E-state index >= 15 is 0 Å². The van der Waals surface area contributed by atoms with Crippen molar-refractivity contribution in [1.29, 1.82) is 0 Å². The first-order chi connectivity index (χ1) is 12.1. The van der Waals surface area contributed by atoms with Crippen LogP contribution in [-0.4, -0.2) is 31.8 Å². The zero-order valence-corrected chi connectivity index (χ0v) is 15.9. The number of benzene rings is 1. The van der Waals surface area contributed by atoms with E-state index in [1.807, 2.05) is 0 Å². The molecule has 0 fully saturated rings. The molecule has 0 spiro atoms. The molecular formula is C17H21N3O5S. The summed E-state index contributed by atoms with van der Waals surface area (Å²) in [5, 5.41) is 6.31. The number of ketones is 1. The zero-order valence-electron chi connectivity index (χ0n) is 15.0. The maximum absolute atomic E-state index is 12.3. The molecule has 0 atom stereocenters. The van der Waals surface area contributed by atoms with Gasteiger partial charge in [-0.2, -0.15) is 0 Å². The summed E-state index contributed by atoms with van der Waals surface area (Å²) < 4.78 is 31.8. The summed E-state index contributed by atoms with van der Waals surface area (Å²) in [4.78, 5) is 23.5. The highest BCUT2D eigenvalue weighted by Gasteiger charge is 2.23. The van der Waals surface area contributed by atoms with Gasteiger partial charge in [0.2, 0.25) is 15.9 Å². The maximum atomic E-state index is 12.3. The molecule has 140 valence electrons. The molecule has 0 aliphatic heterocycles. The zero-order chi connectivity index (χ0) is 19.5. The molecule has 0 aliphatic rings. The van der Waals surface area contributed by atoms with Crippen molar-refractivity contribution in [2.24, 2.45) is 0 Å². The molecule has 9 heteroatoms. The van der Waals surface area contributed by atoms with Crippen LogP contribution in [0.3, 0.4) is 0 Å². The summed E-state index contributed by atoms with van der Waals surface area (Å²) >= 11 is 0. The monoisotopic (exact) mass is 379 g/mol. The molecule has 0 unspecified atom stereocenters. The molecule has 26 heavy (non-hydrogen) atoms. The van der Waals surface area contributed by atoms with Crippen LogP contribution in [0, 0.1) is 20.8 Å². The number of aryl methyl sites for hydroxylation is 3. The van der Waals surface area contributed by atoms with Crippen molar-refractivity contribution in [3.8, 4) is 0 Å². The highest BCUT2D eigenvalue weighted by molar-refractivity contribution is 7.89. The number of anilines is 1. The minimum Gasteiger partial charge on any atom is -0.360 e. The number of sulfonamides is 1. The van der Waals surface area contributed by atoms with Crippen LogP contribution in [-0.2, 0) is 14.8 Å². The van der Waals surface area contributed by atoms with Gasteiger partial charge in [0, 0.05) is 24.2 Å². The average molecular weight is 379 g/mol. The van der Waals surface area contributed by atoms with Crippen molar-refractivity contribution in [3.05, 3.63) is 40.8 Å². The van der Waals surface area contributed by atoms with Gasteiger partial charge in [0.25, 0.3) is 0 Å². The fraction of sp³-hybridized carbons (Fsp3) is 0.353. The predicted molar refractivity (Wildman–Crippen MR) is 95.6 cm³/mol. The third-order valence-corrected chi connectivity index (χ3v) is 5.50. The van der Waals surface area contributed by atoms with E-state index in [4.69, 9.17) is 4.52 Å². The molecule has 1 aromatic heterocycles. The first-order valence-electron chi connectivity index (χ1n) is 7.96. The summed E-state index contributed by atoms with van der Waals surface area (Å²) in [5.41, 5.74) is 2.08. The molecule has 1 aromatic carbocycles. The van der Waals surface area contributed by atoms with Crippen LogP contribution in [0.2, 0.25) is 0 Å². The highest BCUT2D eigenvalue weighted by atomic mass is 32.2. The number of nitrogens with zero attached hydrogens (tertiary/aromatic N) is 1. The summed E-state index contributed by atoms with van der Waals surface area (Å²) in [6.45, 7) is 6.21. The van der Waals surface area contributed by atoms with Crippen LogP contribution in [0.1, 0.15) is 40.7 Å². The maximum Gasteiger partial charge on any atom is 0.245 e. The van der Waals surface area contributed by atoms with Gasteiger partial charge < -0.3 is 9.84 Å². The van der Waals surface area contributed by atoms with Gasteiger partial charge in [0.15, 0.2) is 11.5 Å². The number of rotatable bonds is 7. The van der Waals surface area contributed by atoms with E-state index in [9.17, 15) is 18.0 Å². The molecule has 0 aliphatic carbocycles. The molecule has 0 bridgehead atoms. The topological polar surface area (TPSA) is 118 Å². The standard InChI is InChI=1S/C17H21N3O5S/c1-10-5-6-14(12(3)21)9-15(10)19-16(22)7-8-18-26(23,24)17-11(2)20-25-13(17)4/h5-6,9,18H,7-8H2,1-4H3,(H,19,22). The SMILES string of the molecule is CC(=O)c1ccc(C)c(NC(=O)CCNS(=O)(=O)c2c(C)noc2C)c1. The lowest BCUT2D eigenvalue weighted by Crippen LogP contribution is -2.28. The van der Waals surface area contributed by atoms with Gasteiger partial charge in [-0.1, -0.05) is 17.3 Å². The molecule has 2 N–H and O–H groups in total. The van der Waals surface area contributed by atoms with Crippen LogP contribution >= 0.6 is 0 Å². The summed E-state index contributed by atoms with van der Waals surface area (Å²) in [7, 11) is -3.80. The Hall–Kier alpha value is -2.52. The van der Waals surface area contributed by atoms with Crippen molar-refractivity contribution in [3.63, 3.8) is 0 Å². The predicted octanol–water partition coefficient (Wildman–Crippen LogP) is 2.11. The largest absolute Gasteiger partial charge is 0.360 e. The van der Waals surface area contributed by atoms with Crippen LogP contribution in [0.5, 0.6) is 0 Å². The normalized spacial score (nSPS) is 11.4. The van der Waals surface area contributed by atoms with Crippen LogP contribution in [0.4, 0.5) is 5.69 Å². The molecular weight excluding hydrogens is 358 g/mol. The van der Waals surface area contributed by atoms with Gasteiger partial charge >= 0.3 is 0 Å². The Kier molecular flexibility index (Phi) is 5.94. The minimum absolute atomic E-state index is 0.0112. The van der Waals surface area contributed by atoms with Gasteiger partial charge in [-0.15, -0.1) is 0 Å². The van der Waals surface area contributed by atoms with E-state index in [1.165, 1.54) is 20.8 Å². The molecule has 2 aromatic rings. The molecule has 2 rings (SSSR count). The van der Waals surface area contributed by atoms with Crippen molar-refractivity contribution in [2.75, 3.05) is 11.9 Å². The van der Waals surface area contributed by atoms with Crippen molar-refractivity contribution in [1.82, 2.24) is 9.88 Å². The van der Waals surface area contributed by atoms with Crippen LogP contribution in [0.15, 0.2) is 27.6 Å². The number of amides is 1. The summed E-state index contributed by atoms with van der Waals surface area (Å²) in [6.07, 6.45) is -0.0632. The van der Waals surface area contributed by atoms with Crippen LogP contribution < -0.4 is 10.0 Å². The quantitative estimate of drug-likeness (QED) is 0.711. The minimum atomic E-state index is -3.80. The molecule has 0 saturated carbocycles. The third kappa shape index (κ3) is 4.55. The number of carbonyl (C=O) groups is 2. The number of aromatic nitrogens is 1. The lowest BCUT2D eigenvalue weighted by molar-refractivity contribution is -0.116. The highest BCUT2D eigenvalue weighted by Crippen LogP contribution is 2.19. The van der Waals surface area contributed by atoms with Crippen molar-refractivity contribution < 1.29 is 22.5 Å². The van der Waals surface area contributed by atoms with Crippen molar-refractivity contribution >= 4 is 27.4 Å². The summed E-state index contributed by atoms with van der Waals surface area (Å²) in [6, 6.07) is 5.03. The van der Waals surface area contributed by atoms with E-state index in [0.29, 0.717) is 11.3 Å². The number of Topliss-reactive ketones (excluding diaryl/α,β-unsaturated/α-hetero) is 1. The second kappa shape index (κ2) is 7.79. The number of nitrogens with one attached hydrogen (secondary N) is 2. The first-order valence-corrected chi connectivity index (χ1v) is 9.44. The van der Waals surface area contributed by atoms with E-state index in [2.05, 4.69) is 15.2 Å². The average Bonchev–Trinajstić information content (AvgIpc) is 2.88. The number of hydrogen-bond donors (Lipinski definition) is 2. The fourth-order valence-corrected chi connectivity index (χ4v) is 3.77. The number of carbonyl (C=O) groups excluding carboxylic acids is 2. The molecule has 0 radical (unpaired) electrons. The van der Waals surface area contributed by atoms with Gasteiger partial charge in [-0.05, 0) is 39.3 Å². The lowest BCUT2D eigenvalue weighted by atomic mass is 10.1. The van der Waals surface area contributed by atoms with Gasteiger partial charge in [-0.3, -0.25) is 9.59 Å². The van der Waals surface area contributed by atoms with E-state index in [-0.39, 0.29) is 41.0 Å².